The van der Waals surface area contributed by atoms with Crippen LogP contribution >= 0.6 is 22.9 Å². The summed E-state index contributed by atoms with van der Waals surface area (Å²) in [6.07, 6.45) is 4.54. The largest absolute Gasteiger partial charge is 0.350 e. The summed E-state index contributed by atoms with van der Waals surface area (Å²) in [5.41, 5.74) is 7.27. The molecule has 4 nitrogen and oxygen atoms in total. The Balaban J connectivity index is 1.72. The first-order chi connectivity index (χ1) is 11.1. The molecule has 3 N–H and O–H groups in total. The smallest absolute Gasteiger partial charge is 0.270 e. The fourth-order valence-corrected chi connectivity index (χ4v) is 4.05. The van der Waals surface area contributed by atoms with Crippen LogP contribution in [0.5, 0.6) is 0 Å². The van der Waals surface area contributed by atoms with Gasteiger partial charge < -0.3 is 11.1 Å². The number of nitrogens with zero attached hydrogens (tertiary/aromatic N) is 1. The van der Waals surface area contributed by atoms with Crippen molar-refractivity contribution in [1.82, 2.24) is 10.3 Å². The molecule has 1 saturated carbocycles. The van der Waals surface area contributed by atoms with Crippen LogP contribution in [-0.2, 0) is 12.0 Å². The van der Waals surface area contributed by atoms with Crippen LogP contribution in [-0.4, -0.2) is 17.4 Å². The molecule has 0 unspecified atom stereocenters. The van der Waals surface area contributed by atoms with E-state index in [-0.39, 0.29) is 11.3 Å². The van der Waals surface area contributed by atoms with Crippen LogP contribution < -0.4 is 11.1 Å². The third-order valence-corrected chi connectivity index (χ3v) is 5.69. The van der Waals surface area contributed by atoms with Gasteiger partial charge in [0.05, 0.1) is 0 Å². The quantitative estimate of drug-likeness (QED) is 0.868. The number of rotatable bonds is 5. The topological polar surface area (TPSA) is 68.0 Å². The van der Waals surface area contributed by atoms with Crippen molar-refractivity contribution < 1.29 is 4.79 Å². The van der Waals surface area contributed by atoms with Crippen molar-refractivity contribution in [1.29, 1.82) is 0 Å². The molecule has 0 radical (unpaired) electrons. The molecule has 1 aromatic heterocycles. The van der Waals surface area contributed by atoms with Crippen molar-refractivity contribution in [2.45, 2.75) is 37.6 Å². The van der Waals surface area contributed by atoms with E-state index in [0.29, 0.717) is 18.8 Å². The minimum absolute atomic E-state index is 0.00691. The van der Waals surface area contributed by atoms with Gasteiger partial charge in [-0.05, 0) is 30.5 Å². The van der Waals surface area contributed by atoms with Crippen LogP contribution in [0.2, 0.25) is 5.02 Å². The highest BCUT2D eigenvalue weighted by molar-refractivity contribution is 7.09. The normalized spacial score (nSPS) is 16.4. The summed E-state index contributed by atoms with van der Waals surface area (Å²) in [5, 5.41) is 6.35. The molecule has 1 heterocycles. The second kappa shape index (κ2) is 6.99. The Morgan fingerprint density at radius 1 is 1.30 bits per heavy atom. The third kappa shape index (κ3) is 3.57. The lowest BCUT2D eigenvalue weighted by Gasteiger charge is -2.30. The van der Waals surface area contributed by atoms with Crippen molar-refractivity contribution in [2.75, 3.05) is 6.54 Å². The molecule has 0 saturated heterocycles. The number of hydrogen-bond donors (Lipinski definition) is 2. The van der Waals surface area contributed by atoms with Gasteiger partial charge in [-0.3, -0.25) is 4.79 Å². The number of nitrogens with two attached hydrogens (primary N) is 1. The molecule has 0 bridgehead atoms. The number of hydrogen-bond acceptors (Lipinski definition) is 4. The van der Waals surface area contributed by atoms with E-state index in [4.69, 9.17) is 17.3 Å². The Morgan fingerprint density at radius 3 is 2.61 bits per heavy atom. The highest BCUT2D eigenvalue weighted by Crippen LogP contribution is 2.41. The summed E-state index contributed by atoms with van der Waals surface area (Å²) in [4.78, 5) is 16.6. The number of thiazole rings is 1. The molecule has 0 spiro atoms. The predicted octanol–water partition coefficient (Wildman–Crippen LogP) is 3.50. The maximum Gasteiger partial charge on any atom is 0.270 e. The lowest BCUT2D eigenvalue weighted by molar-refractivity contribution is 0.0938. The maximum absolute atomic E-state index is 12.3. The lowest BCUT2D eigenvalue weighted by atomic mass is 9.79. The van der Waals surface area contributed by atoms with Gasteiger partial charge in [0.1, 0.15) is 10.7 Å². The highest BCUT2D eigenvalue weighted by Gasteiger charge is 2.36. The summed E-state index contributed by atoms with van der Waals surface area (Å²) in [6, 6.07) is 8.00. The zero-order valence-corrected chi connectivity index (χ0v) is 14.4. The van der Waals surface area contributed by atoms with Gasteiger partial charge >= 0.3 is 0 Å². The summed E-state index contributed by atoms with van der Waals surface area (Å²) in [6.45, 7) is 0.996. The van der Waals surface area contributed by atoms with Crippen molar-refractivity contribution in [3.8, 4) is 0 Å². The monoisotopic (exact) mass is 349 g/mol. The van der Waals surface area contributed by atoms with Gasteiger partial charge in [-0.2, -0.15) is 0 Å². The van der Waals surface area contributed by atoms with E-state index in [1.54, 1.807) is 5.38 Å². The average Bonchev–Trinajstić information content (AvgIpc) is 3.23. The number of benzene rings is 1. The van der Waals surface area contributed by atoms with Crippen LogP contribution in [0.4, 0.5) is 0 Å². The molecule has 1 fully saturated rings. The van der Waals surface area contributed by atoms with Gasteiger partial charge in [0.15, 0.2) is 0 Å². The van der Waals surface area contributed by atoms with Gasteiger partial charge in [0.25, 0.3) is 5.91 Å². The Hall–Kier alpha value is -1.43. The lowest BCUT2D eigenvalue weighted by Crippen LogP contribution is -2.39. The van der Waals surface area contributed by atoms with E-state index in [1.165, 1.54) is 29.7 Å². The first kappa shape index (κ1) is 16.4. The van der Waals surface area contributed by atoms with E-state index in [0.717, 1.165) is 22.9 Å². The number of carbonyl (C=O) groups is 1. The number of nitrogens with one attached hydrogen (secondary N) is 1. The van der Waals surface area contributed by atoms with Gasteiger partial charge in [0.2, 0.25) is 0 Å². The molecule has 122 valence electrons. The Bertz CT molecular complexity index is 677. The van der Waals surface area contributed by atoms with E-state index in [2.05, 4.69) is 22.4 Å². The fraction of sp³-hybridized carbons (Fsp3) is 0.412. The van der Waals surface area contributed by atoms with Gasteiger partial charge in [-0.25, -0.2) is 4.98 Å². The minimum Gasteiger partial charge on any atom is -0.350 e. The van der Waals surface area contributed by atoms with E-state index in [1.807, 2.05) is 12.1 Å². The van der Waals surface area contributed by atoms with Crippen molar-refractivity contribution >= 4 is 28.8 Å². The number of halogens is 1. The van der Waals surface area contributed by atoms with Crippen molar-refractivity contribution in [2.24, 2.45) is 5.73 Å². The first-order valence-corrected chi connectivity index (χ1v) is 9.07. The van der Waals surface area contributed by atoms with Crippen LogP contribution in [0.3, 0.4) is 0 Å². The number of carbonyl (C=O) groups excluding carboxylic acids is 1. The maximum atomic E-state index is 12.3. The SMILES string of the molecule is NCc1nc(C(=O)NCC2(c3ccc(Cl)cc3)CCCC2)cs1. The van der Waals surface area contributed by atoms with E-state index < -0.39 is 0 Å². The van der Waals surface area contributed by atoms with Crippen LogP contribution in [0, 0.1) is 0 Å². The van der Waals surface area contributed by atoms with Crippen LogP contribution in [0.1, 0.15) is 46.7 Å². The van der Waals surface area contributed by atoms with Crippen molar-refractivity contribution in [3.63, 3.8) is 0 Å². The molecule has 1 aliphatic rings. The van der Waals surface area contributed by atoms with Gasteiger partial charge in [0, 0.05) is 28.9 Å². The molecule has 1 aliphatic carbocycles. The molecule has 0 aliphatic heterocycles. The minimum atomic E-state index is -0.124. The standard InChI is InChI=1S/C17H20ClN3OS/c18-13-5-3-12(4-6-13)17(7-1-2-8-17)11-20-16(22)14-10-23-15(9-19)21-14/h3-6,10H,1-2,7-9,11,19H2,(H,20,22). The zero-order valence-electron chi connectivity index (χ0n) is 12.8. The molecule has 1 amide bonds. The second-order valence-corrected chi connectivity index (χ2v) is 7.39. The van der Waals surface area contributed by atoms with E-state index in [9.17, 15) is 4.79 Å². The average molecular weight is 350 g/mol. The predicted molar refractivity (Wildman–Crippen MR) is 93.9 cm³/mol. The molecular formula is C17H20ClN3OS. The molecule has 6 heteroatoms. The van der Waals surface area contributed by atoms with E-state index >= 15 is 0 Å². The highest BCUT2D eigenvalue weighted by atomic mass is 35.5. The Labute approximate surface area is 145 Å². The molecule has 0 atom stereocenters. The number of aromatic nitrogens is 1. The van der Waals surface area contributed by atoms with Crippen LogP contribution in [0.15, 0.2) is 29.6 Å². The zero-order chi connectivity index (χ0) is 16.3. The van der Waals surface area contributed by atoms with Crippen LogP contribution in [0.25, 0.3) is 0 Å². The number of amides is 1. The first-order valence-electron chi connectivity index (χ1n) is 7.82. The summed E-state index contributed by atoms with van der Waals surface area (Å²) >= 11 is 7.42. The molecule has 1 aromatic carbocycles. The second-order valence-electron chi connectivity index (χ2n) is 6.01. The van der Waals surface area contributed by atoms with Gasteiger partial charge in [-0.15, -0.1) is 11.3 Å². The molecular weight excluding hydrogens is 330 g/mol. The van der Waals surface area contributed by atoms with Gasteiger partial charge in [-0.1, -0.05) is 36.6 Å². The third-order valence-electron chi connectivity index (χ3n) is 4.56. The summed E-state index contributed by atoms with van der Waals surface area (Å²) in [7, 11) is 0. The van der Waals surface area contributed by atoms with Crippen molar-refractivity contribution in [3.05, 3.63) is 50.9 Å². The summed E-state index contributed by atoms with van der Waals surface area (Å²) in [5.74, 6) is -0.124. The Kier molecular flexibility index (Phi) is 4.99. The summed E-state index contributed by atoms with van der Waals surface area (Å²) < 4.78 is 0. The fourth-order valence-electron chi connectivity index (χ4n) is 3.27. The molecule has 23 heavy (non-hydrogen) atoms. The Morgan fingerprint density at radius 2 is 2.00 bits per heavy atom. The molecule has 2 aromatic rings. The molecule has 3 rings (SSSR count).